The van der Waals surface area contributed by atoms with E-state index in [2.05, 4.69) is 10.2 Å². The van der Waals surface area contributed by atoms with Crippen molar-refractivity contribution >= 4 is 11.9 Å². The summed E-state index contributed by atoms with van der Waals surface area (Å²) in [6.07, 6.45) is -0.282. The SMILES string of the molecule is C#CCN(OC(=O)C(F)(F)F)C(=O)C1CNC1. The second-order valence-corrected chi connectivity index (χ2v) is 3.31. The van der Waals surface area contributed by atoms with Crippen LogP contribution in [0.1, 0.15) is 0 Å². The fraction of sp³-hybridized carbons (Fsp3) is 0.556. The Labute approximate surface area is 94.8 Å². The average molecular weight is 250 g/mol. The van der Waals surface area contributed by atoms with E-state index in [1.807, 2.05) is 5.92 Å². The van der Waals surface area contributed by atoms with Crippen LogP contribution >= 0.6 is 0 Å². The second kappa shape index (κ2) is 5.05. The van der Waals surface area contributed by atoms with Gasteiger partial charge in [0.2, 0.25) is 0 Å². The van der Waals surface area contributed by atoms with Gasteiger partial charge in [-0.3, -0.25) is 4.79 Å². The maximum absolute atomic E-state index is 11.9. The minimum Gasteiger partial charge on any atom is -0.329 e. The molecule has 0 aromatic heterocycles. The van der Waals surface area contributed by atoms with Crippen LogP contribution in [0.25, 0.3) is 0 Å². The van der Waals surface area contributed by atoms with Crippen LogP contribution in [0, 0.1) is 18.3 Å². The minimum atomic E-state index is -5.16. The zero-order valence-corrected chi connectivity index (χ0v) is 8.58. The molecule has 1 N–H and O–H groups in total. The lowest BCUT2D eigenvalue weighted by Crippen LogP contribution is -2.53. The Morgan fingerprint density at radius 1 is 1.47 bits per heavy atom. The van der Waals surface area contributed by atoms with Crippen molar-refractivity contribution in [1.29, 1.82) is 0 Å². The number of hydroxylamine groups is 2. The standard InChI is InChI=1S/C9H9F3N2O3/c1-2-3-14(7(15)6-4-13-5-6)17-8(16)9(10,11)12/h1,6,13H,3-5H2. The maximum atomic E-state index is 11.9. The van der Waals surface area contributed by atoms with Gasteiger partial charge in [-0.1, -0.05) is 5.92 Å². The van der Waals surface area contributed by atoms with Crippen LogP contribution in [0.5, 0.6) is 0 Å². The largest absolute Gasteiger partial charge is 0.493 e. The summed E-state index contributed by atoms with van der Waals surface area (Å²) in [5.74, 6) is -1.76. The molecule has 1 heterocycles. The van der Waals surface area contributed by atoms with Crippen LogP contribution in [0.2, 0.25) is 0 Å². The molecule has 1 amide bonds. The number of amides is 1. The number of rotatable bonds is 2. The summed E-state index contributed by atoms with van der Waals surface area (Å²) in [6.45, 7) is 0.129. The van der Waals surface area contributed by atoms with Gasteiger partial charge >= 0.3 is 12.1 Å². The molecule has 0 saturated carbocycles. The van der Waals surface area contributed by atoms with Crippen molar-refractivity contribution in [2.24, 2.45) is 5.92 Å². The maximum Gasteiger partial charge on any atom is 0.493 e. The normalized spacial score (nSPS) is 15.6. The van der Waals surface area contributed by atoms with Gasteiger partial charge in [-0.15, -0.1) is 6.42 Å². The summed E-state index contributed by atoms with van der Waals surface area (Å²) in [7, 11) is 0. The molecule has 0 aromatic carbocycles. The number of halogens is 3. The third-order valence-corrected chi connectivity index (χ3v) is 2.04. The van der Waals surface area contributed by atoms with E-state index in [4.69, 9.17) is 6.42 Å². The molecule has 17 heavy (non-hydrogen) atoms. The zero-order valence-electron chi connectivity index (χ0n) is 8.58. The Morgan fingerprint density at radius 3 is 2.41 bits per heavy atom. The molecular weight excluding hydrogens is 241 g/mol. The van der Waals surface area contributed by atoms with E-state index in [1.54, 1.807) is 0 Å². The zero-order chi connectivity index (χ0) is 13.1. The lowest BCUT2D eigenvalue weighted by atomic mass is 10.0. The number of nitrogens with one attached hydrogen (secondary N) is 1. The molecule has 0 aliphatic carbocycles. The Morgan fingerprint density at radius 2 is 2.06 bits per heavy atom. The predicted molar refractivity (Wildman–Crippen MR) is 49.1 cm³/mol. The van der Waals surface area contributed by atoms with Crippen LogP contribution in [0.15, 0.2) is 0 Å². The Hall–Kier alpha value is -1.75. The van der Waals surface area contributed by atoms with Crippen LogP contribution in [0.3, 0.4) is 0 Å². The first kappa shape index (κ1) is 13.3. The quantitative estimate of drug-likeness (QED) is 0.539. The summed E-state index contributed by atoms with van der Waals surface area (Å²) in [4.78, 5) is 26.0. The first-order valence-corrected chi connectivity index (χ1v) is 4.61. The average Bonchev–Trinajstić information content (AvgIpc) is 2.12. The van der Waals surface area contributed by atoms with Crippen LogP contribution < -0.4 is 5.32 Å². The third-order valence-electron chi connectivity index (χ3n) is 2.04. The summed E-state index contributed by atoms with van der Waals surface area (Å²) in [5, 5.41) is 3.03. The number of hydrogen-bond acceptors (Lipinski definition) is 4. The van der Waals surface area contributed by atoms with Gasteiger partial charge in [0, 0.05) is 13.1 Å². The highest BCUT2D eigenvalue weighted by Gasteiger charge is 2.44. The highest BCUT2D eigenvalue weighted by Crippen LogP contribution is 2.18. The fourth-order valence-corrected chi connectivity index (χ4v) is 1.06. The number of terminal acetylenes is 1. The van der Waals surface area contributed by atoms with Crippen molar-refractivity contribution in [3.63, 3.8) is 0 Å². The fourth-order valence-electron chi connectivity index (χ4n) is 1.06. The first-order valence-electron chi connectivity index (χ1n) is 4.61. The predicted octanol–water partition coefficient (Wildman–Crippen LogP) is -0.312. The molecule has 94 valence electrons. The summed E-state index contributed by atoms with van der Waals surface area (Å²) in [5.41, 5.74) is 0. The highest BCUT2D eigenvalue weighted by molar-refractivity contribution is 5.82. The van der Waals surface area contributed by atoms with Gasteiger partial charge < -0.3 is 10.2 Å². The molecule has 0 radical (unpaired) electrons. The number of hydrogen-bond donors (Lipinski definition) is 1. The number of nitrogens with zero attached hydrogens (tertiary/aromatic N) is 1. The smallest absolute Gasteiger partial charge is 0.329 e. The molecule has 5 nitrogen and oxygen atoms in total. The molecule has 1 aliphatic rings. The van der Waals surface area contributed by atoms with Crippen LogP contribution in [-0.2, 0) is 14.4 Å². The Bertz CT molecular complexity index is 357. The summed E-state index contributed by atoms with van der Waals surface area (Å²) < 4.78 is 35.8. The molecule has 0 aromatic rings. The molecule has 1 saturated heterocycles. The van der Waals surface area contributed by atoms with E-state index in [0.717, 1.165) is 0 Å². The number of carbonyl (C=O) groups is 2. The van der Waals surface area contributed by atoms with E-state index < -0.39 is 30.5 Å². The minimum absolute atomic E-state index is 0.265. The van der Waals surface area contributed by atoms with Gasteiger partial charge in [-0.2, -0.15) is 18.2 Å². The third kappa shape index (κ3) is 3.35. The number of alkyl halides is 3. The van der Waals surface area contributed by atoms with Crippen LogP contribution in [-0.4, -0.2) is 42.8 Å². The van der Waals surface area contributed by atoms with Gasteiger partial charge in [0.05, 0.1) is 5.92 Å². The first-order chi connectivity index (χ1) is 7.86. The van der Waals surface area contributed by atoms with Gasteiger partial charge in [-0.25, -0.2) is 4.79 Å². The molecule has 1 aliphatic heterocycles. The van der Waals surface area contributed by atoms with E-state index in [9.17, 15) is 22.8 Å². The van der Waals surface area contributed by atoms with Crippen molar-refractivity contribution in [3.05, 3.63) is 0 Å². The van der Waals surface area contributed by atoms with E-state index in [1.165, 1.54) is 0 Å². The molecule has 0 atom stereocenters. The Kier molecular flexibility index (Phi) is 3.96. The van der Waals surface area contributed by atoms with E-state index >= 15 is 0 Å². The van der Waals surface area contributed by atoms with Crippen molar-refractivity contribution in [2.45, 2.75) is 6.18 Å². The lowest BCUT2D eigenvalue weighted by molar-refractivity contribution is -0.236. The van der Waals surface area contributed by atoms with Crippen LogP contribution in [0.4, 0.5) is 13.2 Å². The highest BCUT2D eigenvalue weighted by atomic mass is 19.4. The molecule has 0 spiro atoms. The van der Waals surface area contributed by atoms with Gasteiger partial charge in [0.1, 0.15) is 6.54 Å². The van der Waals surface area contributed by atoms with Crippen molar-refractivity contribution in [2.75, 3.05) is 19.6 Å². The van der Waals surface area contributed by atoms with E-state index in [-0.39, 0.29) is 5.06 Å². The molecule has 1 rings (SSSR count). The monoisotopic (exact) mass is 250 g/mol. The lowest BCUT2D eigenvalue weighted by Gasteiger charge is -2.30. The van der Waals surface area contributed by atoms with Gasteiger partial charge in [0.25, 0.3) is 5.91 Å². The van der Waals surface area contributed by atoms with Gasteiger partial charge in [0.15, 0.2) is 0 Å². The van der Waals surface area contributed by atoms with E-state index in [0.29, 0.717) is 13.1 Å². The molecule has 1 fully saturated rings. The second-order valence-electron chi connectivity index (χ2n) is 3.31. The molecule has 0 unspecified atom stereocenters. The topological polar surface area (TPSA) is 58.6 Å². The number of carbonyl (C=O) groups excluding carboxylic acids is 2. The molecular formula is C9H9F3N2O3. The molecule has 0 bridgehead atoms. The van der Waals surface area contributed by atoms with Gasteiger partial charge in [-0.05, 0) is 0 Å². The summed E-state index contributed by atoms with van der Waals surface area (Å²) in [6, 6.07) is 0. The van der Waals surface area contributed by atoms with Crippen molar-refractivity contribution in [3.8, 4) is 12.3 Å². The Balaban J connectivity index is 2.63. The van der Waals surface area contributed by atoms with Crippen molar-refractivity contribution in [1.82, 2.24) is 10.4 Å². The molecule has 8 heteroatoms. The van der Waals surface area contributed by atoms with Crippen molar-refractivity contribution < 1.29 is 27.6 Å². The summed E-state index contributed by atoms with van der Waals surface area (Å²) >= 11 is 0.